The van der Waals surface area contributed by atoms with Crippen LogP contribution in [0.3, 0.4) is 0 Å². The summed E-state index contributed by atoms with van der Waals surface area (Å²) in [5.74, 6) is 0.898. The van der Waals surface area contributed by atoms with Gasteiger partial charge in [0.2, 0.25) is 0 Å². The summed E-state index contributed by atoms with van der Waals surface area (Å²) in [7, 11) is 0.538. The summed E-state index contributed by atoms with van der Waals surface area (Å²) in [5.41, 5.74) is 1.72. The third-order valence-electron chi connectivity index (χ3n) is 6.37. The van der Waals surface area contributed by atoms with Crippen LogP contribution in [0, 0.1) is 0 Å². The van der Waals surface area contributed by atoms with Gasteiger partial charge in [-0.15, -0.1) is 0 Å². The maximum Gasteiger partial charge on any atom is 0.118 e. The second kappa shape index (κ2) is 12.1. The van der Waals surface area contributed by atoms with E-state index in [1.807, 2.05) is 0 Å². The molecule has 0 aromatic heterocycles. The van der Waals surface area contributed by atoms with Crippen LogP contribution in [-0.2, 0) is 0 Å². The summed E-state index contributed by atoms with van der Waals surface area (Å²) in [4.78, 5) is 0. The van der Waals surface area contributed by atoms with Crippen LogP contribution >= 0.6 is 15.8 Å². The number of hydrogen-bond acceptors (Lipinski definition) is 1. The first kappa shape index (κ1) is 24.5. The molecule has 1 atom stereocenters. The van der Waals surface area contributed by atoms with Gasteiger partial charge in [-0.1, -0.05) is 133 Å². The van der Waals surface area contributed by atoms with Gasteiger partial charge in [-0.25, -0.2) is 0 Å². The molecule has 0 N–H and O–H groups in total. The topological polar surface area (TPSA) is 9.23 Å². The Labute approximate surface area is 217 Å². The first-order valence-corrected chi connectivity index (χ1v) is 15.2. The van der Waals surface area contributed by atoms with E-state index < -0.39 is 15.8 Å². The molecule has 36 heavy (non-hydrogen) atoms. The summed E-state index contributed by atoms with van der Waals surface area (Å²) in [6, 6.07) is 53.1. The molecule has 5 rings (SSSR count). The summed E-state index contributed by atoms with van der Waals surface area (Å²) in [6.45, 7) is 0. The summed E-state index contributed by atoms with van der Waals surface area (Å²) >= 11 is 0. The lowest BCUT2D eigenvalue weighted by Crippen LogP contribution is -2.23. The van der Waals surface area contributed by atoms with Crippen molar-refractivity contribution < 1.29 is 4.74 Å². The highest BCUT2D eigenvalue weighted by molar-refractivity contribution is 7.76. The fraction of sp³-hybridized carbons (Fsp3) is 0.0909. The fourth-order valence-corrected chi connectivity index (χ4v) is 10.6. The Morgan fingerprint density at radius 3 is 1.28 bits per heavy atom. The van der Waals surface area contributed by atoms with Crippen LogP contribution in [0.1, 0.15) is 11.2 Å². The molecule has 0 bridgehead atoms. The first-order chi connectivity index (χ1) is 17.8. The van der Waals surface area contributed by atoms with Crippen LogP contribution in [0.15, 0.2) is 146 Å². The van der Waals surface area contributed by atoms with E-state index in [1.165, 1.54) is 26.8 Å². The van der Waals surface area contributed by atoms with Gasteiger partial charge in [0.15, 0.2) is 0 Å². The molecule has 0 saturated carbocycles. The van der Waals surface area contributed by atoms with Crippen LogP contribution < -0.4 is 26.0 Å². The van der Waals surface area contributed by atoms with Gasteiger partial charge in [0.05, 0.1) is 7.11 Å². The number of ether oxygens (including phenoxy) is 1. The van der Waals surface area contributed by atoms with Gasteiger partial charge in [-0.05, 0) is 60.9 Å². The standard InChI is InChI=1S/C33H30OP2/c1-34-28-24-22-27(23-25-28)33(36(31-18-10-4-11-19-31)32-20-12-5-13-21-32)26-35(29-14-6-2-7-15-29)30-16-8-3-9-17-30/h2-25,33H,26H2,1H3. The van der Waals surface area contributed by atoms with E-state index >= 15 is 0 Å². The van der Waals surface area contributed by atoms with E-state index in [0.717, 1.165) is 11.9 Å². The SMILES string of the molecule is COc1ccc(C(CP(c2ccccc2)c2ccccc2)P(c2ccccc2)c2ccccc2)cc1. The molecule has 0 aliphatic rings. The van der Waals surface area contributed by atoms with Crippen molar-refractivity contribution in [3.8, 4) is 5.75 Å². The lowest BCUT2D eigenvalue weighted by atomic mass is 10.1. The molecule has 3 heteroatoms. The maximum absolute atomic E-state index is 5.51. The van der Waals surface area contributed by atoms with Crippen LogP contribution in [0.2, 0.25) is 0 Å². The average Bonchev–Trinajstić information content (AvgIpc) is 2.97. The van der Waals surface area contributed by atoms with Crippen molar-refractivity contribution in [1.29, 1.82) is 0 Å². The molecule has 0 saturated heterocycles. The Kier molecular flexibility index (Phi) is 8.24. The highest BCUT2D eigenvalue weighted by Gasteiger charge is 2.30. The fourth-order valence-electron chi connectivity index (χ4n) is 4.60. The molecule has 0 fully saturated rings. The second-order valence-electron chi connectivity index (χ2n) is 8.61. The molecule has 0 aliphatic heterocycles. The van der Waals surface area contributed by atoms with Crippen LogP contribution in [0.4, 0.5) is 0 Å². The van der Waals surface area contributed by atoms with Gasteiger partial charge >= 0.3 is 0 Å². The second-order valence-corrected chi connectivity index (χ2v) is 13.3. The molecule has 1 nitrogen and oxygen atoms in total. The maximum atomic E-state index is 5.51. The van der Waals surface area contributed by atoms with Gasteiger partial charge in [0.25, 0.3) is 0 Å². The Morgan fingerprint density at radius 1 is 0.500 bits per heavy atom. The minimum absolute atomic E-state index is 0.349. The molecule has 0 heterocycles. The smallest absolute Gasteiger partial charge is 0.118 e. The van der Waals surface area contributed by atoms with Crippen molar-refractivity contribution in [2.24, 2.45) is 0 Å². The van der Waals surface area contributed by atoms with Gasteiger partial charge in [0.1, 0.15) is 5.75 Å². The Bertz CT molecular complexity index is 1250. The van der Waals surface area contributed by atoms with E-state index in [4.69, 9.17) is 4.74 Å². The Balaban J connectivity index is 1.66. The van der Waals surface area contributed by atoms with Crippen molar-refractivity contribution >= 4 is 37.1 Å². The van der Waals surface area contributed by atoms with E-state index in [9.17, 15) is 0 Å². The number of methoxy groups -OCH3 is 1. The minimum Gasteiger partial charge on any atom is -0.497 e. The molecule has 178 valence electrons. The molecule has 0 amide bonds. The predicted molar refractivity (Wildman–Crippen MR) is 159 cm³/mol. The largest absolute Gasteiger partial charge is 0.497 e. The number of rotatable bonds is 9. The van der Waals surface area contributed by atoms with Crippen molar-refractivity contribution in [3.63, 3.8) is 0 Å². The quantitative estimate of drug-likeness (QED) is 0.196. The lowest BCUT2D eigenvalue weighted by Gasteiger charge is -2.33. The molecule has 5 aromatic carbocycles. The van der Waals surface area contributed by atoms with Crippen LogP contribution in [0.25, 0.3) is 0 Å². The zero-order valence-corrected chi connectivity index (χ0v) is 22.2. The third kappa shape index (κ3) is 5.76. The number of hydrogen-bond donors (Lipinski definition) is 0. The van der Waals surface area contributed by atoms with E-state index in [0.29, 0.717) is 5.66 Å². The van der Waals surface area contributed by atoms with Gasteiger partial charge in [0, 0.05) is 5.66 Å². The molecule has 0 radical (unpaired) electrons. The van der Waals surface area contributed by atoms with Gasteiger partial charge in [-0.2, -0.15) is 0 Å². The third-order valence-corrected chi connectivity index (χ3v) is 12.0. The molecular weight excluding hydrogens is 474 g/mol. The van der Waals surface area contributed by atoms with Crippen molar-refractivity contribution in [2.45, 2.75) is 5.66 Å². The average molecular weight is 505 g/mol. The first-order valence-electron chi connectivity index (χ1n) is 12.2. The molecule has 5 aromatic rings. The summed E-state index contributed by atoms with van der Waals surface area (Å²) in [6.07, 6.45) is 1.07. The van der Waals surface area contributed by atoms with Gasteiger partial charge in [-0.3, -0.25) is 0 Å². The Hall–Kier alpha value is -3.24. The zero-order valence-electron chi connectivity index (χ0n) is 20.4. The highest BCUT2D eigenvalue weighted by atomic mass is 31.1. The zero-order chi connectivity index (χ0) is 24.6. The monoisotopic (exact) mass is 504 g/mol. The van der Waals surface area contributed by atoms with Crippen molar-refractivity contribution in [2.75, 3.05) is 13.3 Å². The van der Waals surface area contributed by atoms with Crippen LogP contribution in [0.5, 0.6) is 5.75 Å². The van der Waals surface area contributed by atoms with Crippen LogP contribution in [-0.4, -0.2) is 13.3 Å². The van der Waals surface area contributed by atoms with E-state index in [2.05, 4.69) is 146 Å². The minimum atomic E-state index is -0.642. The Morgan fingerprint density at radius 2 is 0.889 bits per heavy atom. The molecule has 0 aliphatic carbocycles. The molecular formula is C33H30OP2. The van der Waals surface area contributed by atoms with Crippen molar-refractivity contribution in [3.05, 3.63) is 151 Å². The molecule has 1 unspecified atom stereocenters. The van der Waals surface area contributed by atoms with E-state index in [-0.39, 0.29) is 0 Å². The number of benzene rings is 5. The summed E-state index contributed by atoms with van der Waals surface area (Å²) in [5, 5.41) is 5.67. The van der Waals surface area contributed by atoms with Crippen molar-refractivity contribution in [1.82, 2.24) is 0 Å². The lowest BCUT2D eigenvalue weighted by molar-refractivity contribution is 0.414. The van der Waals surface area contributed by atoms with E-state index in [1.54, 1.807) is 7.11 Å². The highest BCUT2D eigenvalue weighted by Crippen LogP contribution is 2.55. The van der Waals surface area contributed by atoms with Gasteiger partial charge < -0.3 is 4.74 Å². The summed E-state index contributed by atoms with van der Waals surface area (Å²) < 4.78 is 5.51. The normalized spacial score (nSPS) is 12.0. The predicted octanol–water partition coefficient (Wildman–Crippen LogP) is 7.00. The molecule has 0 spiro atoms.